The van der Waals surface area contributed by atoms with Crippen LogP contribution in [0.3, 0.4) is 0 Å². The lowest BCUT2D eigenvalue weighted by atomic mass is 10.0. The molecule has 3 aromatic carbocycles. The summed E-state index contributed by atoms with van der Waals surface area (Å²) in [5, 5.41) is 58.8. The number of halogens is 3. The van der Waals surface area contributed by atoms with Gasteiger partial charge in [-0.25, -0.2) is 29.3 Å². The van der Waals surface area contributed by atoms with Gasteiger partial charge in [0.05, 0.1) is 74.4 Å². The maximum atomic E-state index is 13.2. The van der Waals surface area contributed by atoms with Gasteiger partial charge in [0.15, 0.2) is 58.2 Å². The summed E-state index contributed by atoms with van der Waals surface area (Å²) in [7, 11) is 1.85. The van der Waals surface area contributed by atoms with E-state index in [-0.39, 0.29) is 41.8 Å². The van der Waals surface area contributed by atoms with Crippen molar-refractivity contribution in [1.29, 1.82) is 0 Å². The molecule has 0 amide bonds. The van der Waals surface area contributed by atoms with Crippen LogP contribution in [0.1, 0.15) is 261 Å². The first kappa shape index (κ1) is 90.9. The topological polar surface area (TPSA) is 380 Å². The predicted molar refractivity (Wildman–Crippen MR) is 516 cm³/mol. The molecule has 5 aliphatic carbocycles. The normalized spacial score (nSPS) is 19.7. The van der Waals surface area contributed by atoms with Gasteiger partial charge in [-0.3, -0.25) is 22.8 Å². The minimum absolute atomic E-state index is 0.102. The predicted octanol–water partition coefficient (Wildman–Crippen LogP) is 17.6. The van der Waals surface area contributed by atoms with Crippen molar-refractivity contribution in [2.24, 2.45) is 0 Å². The fraction of sp³-hybridized carbons (Fsp3) is 0.500. The monoisotopic (exact) mass is 1870 g/mol. The van der Waals surface area contributed by atoms with E-state index in [2.05, 4.69) is 207 Å². The molecule has 13 aromatic rings. The summed E-state index contributed by atoms with van der Waals surface area (Å²) in [5.41, 5.74) is 8.33. The van der Waals surface area contributed by atoms with Crippen LogP contribution in [0.25, 0.3) is 28.4 Å². The number of rotatable bonds is 22. The molecule has 6 fully saturated rings. The average Bonchev–Trinajstić information content (AvgIpc) is 1.62. The van der Waals surface area contributed by atoms with E-state index in [9.17, 15) is 13.2 Å². The number of anilines is 14. The Hall–Kier alpha value is -13.9. The zero-order valence-electron chi connectivity index (χ0n) is 78.6. The van der Waals surface area contributed by atoms with Gasteiger partial charge < -0.3 is 65.5 Å². The van der Waals surface area contributed by atoms with Crippen LogP contribution in [0.2, 0.25) is 0 Å². The zero-order valence-corrected chi connectivity index (χ0v) is 78.6. The number of benzene rings is 3. The summed E-state index contributed by atoms with van der Waals surface area (Å²) >= 11 is 0. The first-order valence-corrected chi connectivity index (χ1v) is 49.1. The number of alkyl halides is 2. The zero-order chi connectivity index (χ0) is 93.6. The van der Waals surface area contributed by atoms with E-state index >= 15 is 0 Å². The molecule has 38 nitrogen and oxygen atoms in total. The molecule has 16 heterocycles. The highest BCUT2D eigenvalue weighted by molar-refractivity contribution is 5.71. The van der Waals surface area contributed by atoms with Crippen LogP contribution >= 0.6 is 0 Å². The summed E-state index contributed by atoms with van der Waals surface area (Å²) in [4.78, 5) is 61.4. The van der Waals surface area contributed by atoms with Crippen LogP contribution in [0.4, 0.5) is 94.8 Å². The lowest BCUT2D eigenvalue weighted by Gasteiger charge is -2.40. The molecule has 10 aromatic heterocycles. The Kier molecular flexibility index (Phi) is 27.2. The third kappa shape index (κ3) is 18.4. The van der Waals surface area contributed by atoms with Crippen molar-refractivity contribution in [2.45, 2.75) is 269 Å². The summed E-state index contributed by atoms with van der Waals surface area (Å²) in [6.45, 7) is 14.4. The van der Waals surface area contributed by atoms with E-state index in [1.54, 1.807) is 62.1 Å². The molecule has 0 bridgehead atoms. The molecule has 11 aliphatic rings. The van der Waals surface area contributed by atoms with Crippen LogP contribution in [-0.2, 0) is 4.74 Å². The molecule has 5 saturated carbocycles. The molecule has 0 spiro atoms. The number of fused-ring (bicyclic) bond motifs is 15. The van der Waals surface area contributed by atoms with Crippen LogP contribution in [0.5, 0.6) is 5.75 Å². The van der Waals surface area contributed by atoms with Gasteiger partial charge in [0.2, 0.25) is 29.7 Å². The molecular weight excluding hydrogens is 1750 g/mol. The largest absolute Gasteiger partial charge is 0.435 e. The fourth-order valence-corrected chi connectivity index (χ4v) is 22.0. The first-order chi connectivity index (χ1) is 67.4. The van der Waals surface area contributed by atoms with Gasteiger partial charge in [0, 0.05) is 79.6 Å². The van der Waals surface area contributed by atoms with Gasteiger partial charge in [0.25, 0.3) is 0 Å². The van der Waals surface area contributed by atoms with Crippen LogP contribution in [0, 0.1) is 5.82 Å². The van der Waals surface area contributed by atoms with Crippen molar-refractivity contribution in [1.82, 2.24) is 124 Å². The standard InChI is InChI=1S/C24H30N8O.C21H23F2N7O.C20H22FN7.C16H23N7.C15H21N7/c1-2-20-23-29-26-16-31(23)21-15-25-24(28-22(21)32(20)19-5-3-4-6-19)27-17-7-9-18(10-8-17)30-11-13-33-14-12-30;1-2-16-19-28-25-12-29(19)17-11-24-21(27-18(17)30(16)14-5-3-4-6-14)26-13-7-9-15(10-8-13)31-20(22)23;1-2-16-19-26-23-12-27(19)17-11-22-20(24-14-9-7-13(21)8-10-14)25-18(17)28(16)15-5-3-4-6-15;1-3-12-15-21-19-10-22(15)13-9-18-16(17-4-2)20-14(13)23(12)11-7-5-6-8-11;1-3-11-14-20-18-9-21(14)12-8-17-15(16-2)19-13(12)22(11)10-6-4-5-7-10/h7-10,15-16,19-20H,2-6,11-14H2,1H3,(H,25,27,28);7-12,14,16,20H,2-6H2,1H3,(H,24,26,27);7-12,15-16H,2-6H2,1H3,(H,22,24,25);9-12H,3-8H2,1-2H3,(H,17,18,20);8-11H,3-7H2,1-2H3,(H,16,17,19)/t20-;2*16-;12-;11-/m11111/s1. The Morgan fingerprint density at radius 3 is 0.912 bits per heavy atom. The summed E-state index contributed by atoms with van der Waals surface area (Å²) in [6.07, 6.45) is 47.3. The van der Waals surface area contributed by atoms with Crippen molar-refractivity contribution in [3.8, 4) is 34.2 Å². The third-order valence-corrected chi connectivity index (χ3v) is 28.3. The summed E-state index contributed by atoms with van der Waals surface area (Å²) in [6, 6.07) is 24.2. The number of hydrogen-bond acceptors (Lipinski definition) is 33. The Morgan fingerprint density at radius 1 is 0.358 bits per heavy atom. The maximum absolute atomic E-state index is 13.2. The van der Waals surface area contributed by atoms with Gasteiger partial charge in [-0.2, -0.15) is 33.7 Å². The van der Waals surface area contributed by atoms with Crippen molar-refractivity contribution in [2.75, 3.05) is 95.9 Å². The Bertz CT molecular complexity index is 6220. The lowest BCUT2D eigenvalue weighted by Crippen LogP contribution is -2.42. The number of nitrogens with one attached hydrogen (secondary N) is 5. The van der Waals surface area contributed by atoms with Gasteiger partial charge in [0.1, 0.15) is 71.6 Å². The van der Waals surface area contributed by atoms with E-state index < -0.39 is 6.61 Å². The highest BCUT2D eigenvalue weighted by atomic mass is 19.3. The van der Waals surface area contributed by atoms with E-state index in [1.807, 2.05) is 50.1 Å². The first-order valence-electron chi connectivity index (χ1n) is 49.1. The minimum Gasteiger partial charge on any atom is -0.435 e. The van der Waals surface area contributed by atoms with Crippen molar-refractivity contribution >= 4 is 81.6 Å². The summed E-state index contributed by atoms with van der Waals surface area (Å²) < 4.78 is 57.9. The molecule has 41 heteroatoms. The second kappa shape index (κ2) is 41.0. The molecular formula is C96H119F3N36O2. The molecule has 5 atom stereocenters. The van der Waals surface area contributed by atoms with E-state index in [4.69, 9.17) is 29.7 Å². The van der Waals surface area contributed by atoms with Crippen molar-refractivity contribution in [3.63, 3.8) is 0 Å². The van der Waals surface area contributed by atoms with Gasteiger partial charge in [-0.1, -0.05) is 98.8 Å². The van der Waals surface area contributed by atoms with E-state index in [1.165, 1.54) is 133 Å². The number of aromatic nitrogens is 25. The number of hydrogen-bond donors (Lipinski definition) is 5. The molecule has 0 radical (unpaired) electrons. The second-order valence-electron chi connectivity index (χ2n) is 36.4. The molecule has 24 rings (SSSR count). The molecule has 137 heavy (non-hydrogen) atoms. The van der Waals surface area contributed by atoms with Crippen molar-refractivity contribution in [3.05, 3.63) is 170 Å². The number of ether oxygens (including phenoxy) is 2. The lowest BCUT2D eigenvalue weighted by molar-refractivity contribution is -0.0498. The highest BCUT2D eigenvalue weighted by Gasteiger charge is 2.45. The summed E-state index contributed by atoms with van der Waals surface area (Å²) in [5.74, 6) is 12.4. The van der Waals surface area contributed by atoms with Crippen molar-refractivity contribution < 1.29 is 22.6 Å². The molecule has 6 aliphatic heterocycles. The Morgan fingerprint density at radius 2 is 0.628 bits per heavy atom. The third-order valence-electron chi connectivity index (χ3n) is 28.3. The number of nitrogens with zero attached hydrogens (tertiary/aromatic N) is 31. The smallest absolute Gasteiger partial charge is 0.387 e. The fourth-order valence-electron chi connectivity index (χ4n) is 22.0. The second-order valence-corrected chi connectivity index (χ2v) is 36.4. The van der Waals surface area contributed by atoms with Crippen LogP contribution < -0.4 is 60.7 Å². The molecule has 716 valence electrons. The minimum atomic E-state index is -2.85. The van der Waals surface area contributed by atoms with Gasteiger partial charge >= 0.3 is 6.61 Å². The van der Waals surface area contributed by atoms with Gasteiger partial charge in [-0.05, 0) is 176 Å². The number of morpholine rings is 1. The molecule has 1 saturated heterocycles. The van der Waals surface area contributed by atoms with Crippen LogP contribution in [-0.4, -0.2) is 200 Å². The maximum Gasteiger partial charge on any atom is 0.387 e. The highest BCUT2D eigenvalue weighted by Crippen LogP contribution is 2.50. The SMILES string of the molecule is CCNc1ncc2c(n1)N(C1CCCC1)[C@H](CC)c1nncn1-2.CC[C@@H]1c2nncn2-c2cnc(NC)nc2N1C1CCCC1.CC[C@@H]1c2nncn2-c2cnc(Nc3ccc(F)cc3)nc2N1C1CCCC1.CC[C@@H]1c2nncn2-c2cnc(Nc3ccc(N4CCOCC4)cc3)nc2N1C1CCCC1.CC[C@@H]1c2nncn2-c2cnc(Nc3ccc(OC(F)F)cc3)nc2N1C1CCCC1. The van der Waals surface area contributed by atoms with E-state index in [0.29, 0.717) is 65.6 Å². The average molecular weight is 1870 g/mol. The Balaban J connectivity index is 0.000000107. The van der Waals surface area contributed by atoms with Gasteiger partial charge in [-0.15, -0.1) is 51.0 Å². The molecule has 5 N–H and O–H groups in total. The van der Waals surface area contributed by atoms with E-state index in [0.717, 1.165) is 189 Å². The quantitative estimate of drug-likeness (QED) is 0.0421. The molecule has 0 unspecified atom stereocenters. The Labute approximate surface area is 793 Å². The van der Waals surface area contributed by atoms with Crippen LogP contribution in [0.15, 0.2) is 135 Å².